The van der Waals surface area contributed by atoms with Gasteiger partial charge in [-0.05, 0) is 43.5 Å². The lowest BCUT2D eigenvalue weighted by molar-refractivity contribution is 0.0937. The van der Waals surface area contributed by atoms with Crippen LogP contribution >= 0.6 is 24.0 Å². The van der Waals surface area contributed by atoms with Crippen LogP contribution < -0.4 is 11.1 Å². The molecule has 0 bridgehead atoms. The van der Waals surface area contributed by atoms with E-state index in [1.807, 2.05) is 19.1 Å². The number of carbonyl (C=O) groups is 1. The maximum Gasteiger partial charge on any atom is 0.251 e. The molecule has 3 N–H and O–H groups in total. The fourth-order valence-electron chi connectivity index (χ4n) is 2.66. The van der Waals surface area contributed by atoms with E-state index >= 15 is 0 Å². The first-order valence-corrected chi connectivity index (χ1v) is 7.21. The van der Waals surface area contributed by atoms with Gasteiger partial charge >= 0.3 is 0 Å². The Bertz CT molecular complexity index is 451. The highest BCUT2D eigenvalue weighted by Gasteiger charge is 2.27. The van der Waals surface area contributed by atoms with Gasteiger partial charge in [0.05, 0.1) is 0 Å². The van der Waals surface area contributed by atoms with Crippen LogP contribution in [0.25, 0.3) is 0 Å². The monoisotopic (exact) mass is 316 g/mol. The predicted molar refractivity (Wildman–Crippen MR) is 85.8 cm³/mol. The summed E-state index contributed by atoms with van der Waals surface area (Å²) in [7, 11) is 0. The van der Waals surface area contributed by atoms with Crippen molar-refractivity contribution in [1.82, 2.24) is 5.32 Å². The lowest BCUT2D eigenvalue weighted by Crippen LogP contribution is -2.51. The number of nitrogens with one attached hydrogen (secondary N) is 1. The summed E-state index contributed by atoms with van der Waals surface area (Å²) in [5.41, 5.74) is 7.66. The number of amides is 1. The van der Waals surface area contributed by atoms with Crippen LogP contribution in [-0.2, 0) is 0 Å². The number of hydrogen-bond donors (Lipinski definition) is 2. The molecule has 0 spiro atoms. The molecule has 0 aromatic heterocycles. The topological polar surface area (TPSA) is 55.1 Å². The molecule has 1 fully saturated rings. The summed E-state index contributed by atoms with van der Waals surface area (Å²) in [6.45, 7) is 2.46. The molecule has 112 valence electrons. The van der Waals surface area contributed by atoms with Gasteiger partial charge in [0.25, 0.3) is 5.91 Å². The Morgan fingerprint density at radius 3 is 2.55 bits per heavy atom. The van der Waals surface area contributed by atoms with E-state index < -0.39 is 0 Å². The molecule has 0 unspecified atom stereocenters. The summed E-state index contributed by atoms with van der Waals surface area (Å²) in [6.07, 6.45) is 5.54. The normalized spacial score (nSPS) is 17.1. The van der Waals surface area contributed by atoms with Crippen molar-refractivity contribution in [3.8, 4) is 0 Å². The van der Waals surface area contributed by atoms with Gasteiger partial charge in [0.2, 0.25) is 0 Å². The fourth-order valence-corrected chi connectivity index (χ4v) is 2.95. The fraction of sp³-hybridized carbons (Fsp3) is 0.533. The van der Waals surface area contributed by atoms with E-state index in [-0.39, 0.29) is 23.9 Å². The highest BCUT2D eigenvalue weighted by atomic mass is 35.5. The van der Waals surface area contributed by atoms with Crippen molar-refractivity contribution >= 4 is 29.9 Å². The van der Waals surface area contributed by atoms with E-state index in [2.05, 4.69) is 5.32 Å². The zero-order valence-electron chi connectivity index (χ0n) is 11.7. The van der Waals surface area contributed by atoms with Crippen molar-refractivity contribution in [1.29, 1.82) is 0 Å². The van der Waals surface area contributed by atoms with Crippen molar-refractivity contribution in [3.05, 3.63) is 34.3 Å². The van der Waals surface area contributed by atoms with E-state index in [9.17, 15) is 4.79 Å². The first-order chi connectivity index (χ1) is 8.98. The van der Waals surface area contributed by atoms with E-state index in [0.717, 1.165) is 31.2 Å². The van der Waals surface area contributed by atoms with Gasteiger partial charge < -0.3 is 11.1 Å². The number of halogens is 2. The SMILES string of the molecule is Cc1cc(Cl)cc(C(=O)NCC2(N)CCCCC2)c1.Cl. The molecule has 1 amide bonds. The third-order valence-electron chi connectivity index (χ3n) is 3.75. The average molecular weight is 317 g/mol. The number of nitrogens with two attached hydrogens (primary N) is 1. The van der Waals surface area contributed by atoms with Crippen LogP contribution in [0.5, 0.6) is 0 Å². The lowest BCUT2D eigenvalue weighted by atomic mass is 9.82. The van der Waals surface area contributed by atoms with Crippen LogP contribution in [0.2, 0.25) is 5.02 Å². The standard InChI is InChI=1S/C15H21ClN2O.ClH/c1-11-7-12(9-13(16)8-11)14(19)18-10-15(17)5-3-2-4-6-15;/h7-9H,2-6,10,17H2,1H3,(H,18,19);1H. The maximum absolute atomic E-state index is 12.1. The van der Waals surface area contributed by atoms with E-state index in [1.54, 1.807) is 6.07 Å². The van der Waals surface area contributed by atoms with Gasteiger partial charge in [-0.25, -0.2) is 0 Å². The molecule has 1 saturated carbocycles. The van der Waals surface area contributed by atoms with Crippen LogP contribution in [0.15, 0.2) is 18.2 Å². The summed E-state index contributed by atoms with van der Waals surface area (Å²) in [4.78, 5) is 12.1. The molecule has 0 heterocycles. The quantitative estimate of drug-likeness (QED) is 0.897. The number of aryl methyl sites for hydroxylation is 1. The van der Waals surface area contributed by atoms with Gasteiger partial charge in [0, 0.05) is 22.7 Å². The van der Waals surface area contributed by atoms with Crippen LogP contribution in [0, 0.1) is 6.92 Å². The molecule has 0 radical (unpaired) electrons. The largest absolute Gasteiger partial charge is 0.350 e. The number of benzene rings is 1. The van der Waals surface area contributed by atoms with Crippen molar-refractivity contribution in [2.45, 2.75) is 44.6 Å². The molecule has 0 aliphatic heterocycles. The van der Waals surface area contributed by atoms with Crippen LogP contribution in [0.1, 0.15) is 48.0 Å². The second kappa shape index (κ2) is 7.30. The number of carbonyl (C=O) groups excluding carboxylic acids is 1. The molecule has 1 aromatic carbocycles. The molecule has 1 aromatic rings. The van der Waals surface area contributed by atoms with Crippen molar-refractivity contribution < 1.29 is 4.79 Å². The minimum Gasteiger partial charge on any atom is -0.350 e. The predicted octanol–water partition coefficient (Wildman–Crippen LogP) is 3.46. The van der Waals surface area contributed by atoms with E-state index in [1.165, 1.54) is 6.42 Å². The molecule has 2 rings (SSSR count). The minimum atomic E-state index is -0.235. The van der Waals surface area contributed by atoms with Gasteiger partial charge in [-0.3, -0.25) is 4.79 Å². The van der Waals surface area contributed by atoms with Crippen LogP contribution in [0.4, 0.5) is 0 Å². The van der Waals surface area contributed by atoms with Gasteiger partial charge in [-0.1, -0.05) is 30.9 Å². The molecule has 0 saturated heterocycles. The Hall–Kier alpha value is -0.770. The molecule has 0 atom stereocenters. The van der Waals surface area contributed by atoms with Gasteiger partial charge in [-0.15, -0.1) is 12.4 Å². The van der Waals surface area contributed by atoms with Crippen molar-refractivity contribution in [3.63, 3.8) is 0 Å². The number of hydrogen-bond acceptors (Lipinski definition) is 2. The zero-order valence-corrected chi connectivity index (χ0v) is 13.3. The Morgan fingerprint density at radius 1 is 1.30 bits per heavy atom. The Morgan fingerprint density at radius 2 is 1.95 bits per heavy atom. The molecule has 1 aliphatic rings. The van der Waals surface area contributed by atoms with Crippen LogP contribution in [0.3, 0.4) is 0 Å². The highest BCUT2D eigenvalue weighted by molar-refractivity contribution is 6.31. The molecular weight excluding hydrogens is 295 g/mol. The summed E-state index contributed by atoms with van der Waals surface area (Å²) in [6, 6.07) is 5.36. The van der Waals surface area contributed by atoms with Gasteiger partial charge in [-0.2, -0.15) is 0 Å². The molecule has 3 nitrogen and oxygen atoms in total. The number of rotatable bonds is 3. The van der Waals surface area contributed by atoms with Crippen molar-refractivity contribution in [2.24, 2.45) is 5.73 Å². The Kier molecular flexibility index (Phi) is 6.31. The van der Waals surface area contributed by atoms with E-state index in [0.29, 0.717) is 17.1 Å². The lowest BCUT2D eigenvalue weighted by Gasteiger charge is -2.33. The van der Waals surface area contributed by atoms with Crippen molar-refractivity contribution in [2.75, 3.05) is 6.54 Å². The summed E-state index contributed by atoms with van der Waals surface area (Å²) >= 11 is 5.97. The average Bonchev–Trinajstić information content (AvgIpc) is 2.36. The Labute approximate surface area is 131 Å². The first kappa shape index (κ1) is 17.3. The van der Waals surface area contributed by atoms with Crippen LogP contribution in [-0.4, -0.2) is 18.0 Å². The highest BCUT2D eigenvalue weighted by Crippen LogP contribution is 2.25. The van der Waals surface area contributed by atoms with E-state index in [4.69, 9.17) is 17.3 Å². The third-order valence-corrected chi connectivity index (χ3v) is 3.97. The molecule has 20 heavy (non-hydrogen) atoms. The first-order valence-electron chi connectivity index (χ1n) is 6.83. The maximum atomic E-state index is 12.1. The second-order valence-electron chi connectivity index (χ2n) is 5.62. The van der Waals surface area contributed by atoms with Gasteiger partial charge in [0.1, 0.15) is 0 Å². The summed E-state index contributed by atoms with van der Waals surface area (Å²) in [5.74, 6) is -0.0963. The third kappa shape index (κ3) is 4.65. The molecule has 1 aliphatic carbocycles. The Balaban J connectivity index is 0.00000200. The van der Waals surface area contributed by atoms with Gasteiger partial charge in [0.15, 0.2) is 0 Å². The molecular formula is C15H22Cl2N2O. The second-order valence-corrected chi connectivity index (χ2v) is 6.06. The zero-order chi connectivity index (χ0) is 13.9. The summed E-state index contributed by atoms with van der Waals surface area (Å²) < 4.78 is 0. The minimum absolute atomic E-state index is 0. The molecule has 5 heteroatoms. The smallest absolute Gasteiger partial charge is 0.251 e. The summed E-state index contributed by atoms with van der Waals surface area (Å²) in [5, 5.41) is 3.53.